The minimum Gasteiger partial charge on any atom is -0.481 e. The van der Waals surface area contributed by atoms with Crippen LogP contribution >= 0.6 is 11.6 Å². The van der Waals surface area contributed by atoms with Crippen molar-refractivity contribution in [1.82, 2.24) is 5.32 Å². The summed E-state index contributed by atoms with van der Waals surface area (Å²) < 4.78 is 0. The zero-order valence-corrected chi connectivity index (χ0v) is 12.8. The third-order valence-electron chi connectivity index (χ3n) is 3.28. The SMILES string of the molecule is CCC(CCNC(=O)Nc1ccc(Cl)cc1)CCC(=O)O. The largest absolute Gasteiger partial charge is 0.481 e. The number of urea groups is 1. The van der Waals surface area contributed by atoms with Crippen molar-refractivity contribution in [2.75, 3.05) is 11.9 Å². The summed E-state index contributed by atoms with van der Waals surface area (Å²) >= 11 is 5.76. The summed E-state index contributed by atoms with van der Waals surface area (Å²) in [6.45, 7) is 2.55. The average Bonchev–Trinajstić information content (AvgIpc) is 2.45. The van der Waals surface area contributed by atoms with E-state index in [2.05, 4.69) is 10.6 Å². The molecule has 5 nitrogen and oxygen atoms in total. The van der Waals surface area contributed by atoms with Crippen LogP contribution in [-0.4, -0.2) is 23.7 Å². The zero-order chi connectivity index (χ0) is 15.7. The Morgan fingerprint density at radius 1 is 1.24 bits per heavy atom. The number of anilines is 1. The van der Waals surface area contributed by atoms with E-state index in [1.165, 1.54) is 0 Å². The molecule has 0 fully saturated rings. The lowest BCUT2D eigenvalue weighted by Crippen LogP contribution is -2.30. The molecule has 0 spiro atoms. The lowest BCUT2D eigenvalue weighted by molar-refractivity contribution is -0.137. The molecule has 1 rings (SSSR count). The van der Waals surface area contributed by atoms with Crippen molar-refractivity contribution < 1.29 is 14.7 Å². The van der Waals surface area contributed by atoms with Gasteiger partial charge in [-0.15, -0.1) is 0 Å². The van der Waals surface area contributed by atoms with Crippen molar-refractivity contribution in [1.29, 1.82) is 0 Å². The van der Waals surface area contributed by atoms with Crippen LogP contribution in [0, 0.1) is 5.92 Å². The van der Waals surface area contributed by atoms with E-state index < -0.39 is 5.97 Å². The number of carbonyl (C=O) groups is 2. The van der Waals surface area contributed by atoms with Crippen LogP contribution in [0.2, 0.25) is 5.02 Å². The van der Waals surface area contributed by atoms with E-state index in [9.17, 15) is 9.59 Å². The van der Waals surface area contributed by atoms with E-state index in [4.69, 9.17) is 16.7 Å². The Bertz CT molecular complexity index is 462. The van der Waals surface area contributed by atoms with Crippen LogP contribution in [0.5, 0.6) is 0 Å². The van der Waals surface area contributed by atoms with E-state index in [1.807, 2.05) is 6.92 Å². The molecule has 0 heterocycles. The van der Waals surface area contributed by atoms with E-state index in [-0.39, 0.29) is 12.5 Å². The maximum Gasteiger partial charge on any atom is 0.319 e. The summed E-state index contributed by atoms with van der Waals surface area (Å²) in [6, 6.07) is 6.59. The second kappa shape index (κ2) is 9.23. The predicted molar refractivity (Wildman–Crippen MR) is 83.7 cm³/mol. The van der Waals surface area contributed by atoms with Gasteiger partial charge in [0.15, 0.2) is 0 Å². The lowest BCUT2D eigenvalue weighted by Gasteiger charge is -2.14. The summed E-state index contributed by atoms with van der Waals surface area (Å²) in [5.74, 6) is -0.459. The molecule has 1 atom stereocenters. The van der Waals surface area contributed by atoms with Gasteiger partial charge in [-0.1, -0.05) is 24.9 Å². The molecular weight excluding hydrogens is 292 g/mol. The normalized spacial score (nSPS) is 11.7. The molecule has 0 bridgehead atoms. The Morgan fingerprint density at radius 3 is 2.48 bits per heavy atom. The van der Waals surface area contributed by atoms with Crippen LogP contribution in [-0.2, 0) is 4.79 Å². The summed E-state index contributed by atoms with van der Waals surface area (Å²) in [7, 11) is 0. The third kappa shape index (κ3) is 7.56. The first-order valence-corrected chi connectivity index (χ1v) is 7.41. The van der Waals surface area contributed by atoms with Crippen LogP contribution in [0.15, 0.2) is 24.3 Å². The summed E-state index contributed by atoms with van der Waals surface area (Å²) in [5, 5.41) is 14.8. The molecule has 0 saturated carbocycles. The second-order valence-electron chi connectivity index (χ2n) is 4.88. The Morgan fingerprint density at radius 2 is 1.90 bits per heavy atom. The first-order chi connectivity index (χ1) is 10.0. The van der Waals surface area contributed by atoms with Gasteiger partial charge in [-0.2, -0.15) is 0 Å². The number of nitrogens with one attached hydrogen (secondary N) is 2. The van der Waals surface area contributed by atoms with Gasteiger partial charge < -0.3 is 15.7 Å². The highest BCUT2D eigenvalue weighted by atomic mass is 35.5. The Labute approximate surface area is 129 Å². The minimum atomic E-state index is -0.776. The fourth-order valence-electron chi connectivity index (χ4n) is 1.98. The number of carboxylic acids is 1. The number of carbonyl (C=O) groups excluding carboxylic acids is 1. The maximum absolute atomic E-state index is 11.7. The molecule has 1 aromatic carbocycles. The summed E-state index contributed by atoms with van der Waals surface area (Å²) in [5.41, 5.74) is 0.676. The molecule has 1 unspecified atom stereocenters. The number of amides is 2. The summed E-state index contributed by atoms with van der Waals surface area (Å²) in [4.78, 5) is 22.2. The van der Waals surface area contributed by atoms with Crippen LogP contribution in [0.4, 0.5) is 10.5 Å². The number of aliphatic carboxylic acids is 1. The predicted octanol–water partition coefficient (Wildman–Crippen LogP) is 3.74. The van der Waals surface area contributed by atoms with Gasteiger partial charge in [0.2, 0.25) is 0 Å². The van der Waals surface area contributed by atoms with Crippen molar-refractivity contribution in [2.45, 2.75) is 32.6 Å². The van der Waals surface area contributed by atoms with E-state index in [0.29, 0.717) is 29.6 Å². The molecule has 1 aromatic rings. The molecule has 0 saturated heterocycles. The number of hydrogen-bond donors (Lipinski definition) is 3. The van der Waals surface area contributed by atoms with Crippen LogP contribution in [0.25, 0.3) is 0 Å². The van der Waals surface area contributed by atoms with E-state index >= 15 is 0 Å². The Kier molecular flexibility index (Phi) is 7.61. The quantitative estimate of drug-likeness (QED) is 0.684. The lowest BCUT2D eigenvalue weighted by atomic mass is 9.97. The fraction of sp³-hybridized carbons (Fsp3) is 0.467. The molecule has 0 aromatic heterocycles. The van der Waals surface area contributed by atoms with Gasteiger partial charge in [0, 0.05) is 23.7 Å². The third-order valence-corrected chi connectivity index (χ3v) is 3.54. The molecular formula is C15H21ClN2O3. The Balaban J connectivity index is 2.25. The standard InChI is InChI=1S/C15H21ClN2O3/c1-2-11(3-8-14(19)20)9-10-17-15(21)18-13-6-4-12(16)5-7-13/h4-7,11H,2-3,8-10H2,1H3,(H,19,20)(H2,17,18,21). The zero-order valence-electron chi connectivity index (χ0n) is 12.1. The highest BCUT2D eigenvalue weighted by molar-refractivity contribution is 6.30. The molecule has 0 radical (unpaired) electrons. The summed E-state index contributed by atoms with van der Waals surface area (Å²) in [6.07, 6.45) is 2.51. The monoisotopic (exact) mass is 312 g/mol. The fourth-order valence-corrected chi connectivity index (χ4v) is 2.10. The topological polar surface area (TPSA) is 78.4 Å². The minimum absolute atomic E-state index is 0.176. The molecule has 116 valence electrons. The number of hydrogen-bond acceptors (Lipinski definition) is 2. The van der Waals surface area contributed by atoms with Gasteiger partial charge in [0.05, 0.1) is 0 Å². The van der Waals surface area contributed by atoms with Crippen molar-refractivity contribution >= 4 is 29.3 Å². The van der Waals surface area contributed by atoms with Crippen LogP contribution in [0.3, 0.4) is 0 Å². The van der Waals surface area contributed by atoms with Gasteiger partial charge in [-0.25, -0.2) is 4.79 Å². The number of rotatable bonds is 8. The molecule has 0 aliphatic carbocycles. The molecule has 3 N–H and O–H groups in total. The maximum atomic E-state index is 11.7. The Hall–Kier alpha value is -1.75. The number of carboxylic acid groups (broad SMARTS) is 1. The van der Waals surface area contributed by atoms with Gasteiger partial charge in [0.25, 0.3) is 0 Å². The molecule has 2 amide bonds. The van der Waals surface area contributed by atoms with Crippen molar-refractivity contribution in [3.63, 3.8) is 0 Å². The first-order valence-electron chi connectivity index (χ1n) is 7.03. The van der Waals surface area contributed by atoms with Crippen molar-refractivity contribution in [3.05, 3.63) is 29.3 Å². The smallest absolute Gasteiger partial charge is 0.319 e. The molecule has 21 heavy (non-hydrogen) atoms. The van der Waals surface area contributed by atoms with Crippen molar-refractivity contribution in [3.8, 4) is 0 Å². The van der Waals surface area contributed by atoms with Crippen LogP contribution < -0.4 is 10.6 Å². The number of halogens is 1. The van der Waals surface area contributed by atoms with E-state index in [1.54, 1.807) is 24.3 Å². The second-order valence-corrected chi connectivity index (χ2v) is 5.32. The molecule has 6 heteroatoms. The number of benzene rings is 1. The first kappa shape index (κ1) is 17.3. The van der Waals surface area contributed by atoms with Crippen molar-refractivity contribution in [2.24, 2.45) is 5.92 Å². The molecule has 0 aliphatic rings. The van der Waals surface area contributed by atoms with Crippen LogP contribution in [0.1, 0.15) is 32.6 Å². The highest BCUT2D eigenvalue weighted by Crippen LogP contribution is 2.15. The molecule has 0 aliphatic heterocycles. The van der Waals surface area contributed by atoms with Gasteiger partial charge in [0.1, 0.15) is 0 Å². The average molecular weight is 313 g/mol. The highest BCUT2D eigenvalue weighted by Gasteiger charge is 2.09. The van der Waals surface area contributed by atoms with Gasteiger partial charge in [-0.05, 0) is 43.0 Å². The van der Waals surface area contributed by atoms with E-state index in [0.717, 1.165) is 12.8 Å². The van der Waals surface area contributed by atoms with Gasteiger partial charge in [-0.3, -0.25) is 4.79 Å². The van der Waals surface area contributed by atoms with Gasteiger partial charge >= 0.3 is 12.0 Å².